The van der Waals surface area contributed by atoms with Gasteiger partial charge in [0.25, 0.3) is 0 Å². The summed E-state index contributed by atoms with van der Waals surface area (Å²) in [7, 11) is 4.52. The highest BCUT2D eigenvalue weighted by atomic mass is 31.1. The van der Waals surface area contributed by atoms with Gasteiger partial charge in [0, 0.05) is 5.92 Å². The van der Waals surface area contributed by atoms with E-state index in [-0.39, 0.29) is 11.7 Å². The summed E-state index contributed by atoms with van der Waals surface area (Å²) in [5.41, 5.74) is 0. The maximum Gasteiger partial charge on any atom is 0.340 e. The molecular weight excluding hydrogens is 270 g/mol. The fraction of sp³-hybridized carbons (Fsp3) is 0.700. The summed E-state index contributed by atoms with van der Waals surface area (Å²) in [4.78, 5) is 39.2. The molecule has 2 radical (unpaired) electrons. The van der Waals surface area contributed by atoms with Crippen LogP contribution in [0.1, 0.15) is 13.8 Å². The molecule has 3 unspecified atom stereocenters. The van der Waals surface area contributed by atoms with Crippen LogP contribution in [-0.2, 0) is 18.9 Å². The van der Waals surface area contributed by atoms with Gasteiger partial charge in [-0.1, -0.05) is 6.92 Å². The number of β-lactam (4-membered cyclic amide) rings is 1. The maximum atomic E-state index is 12.1. The topological polar surface area (TPSA) is 95.9 Å². The largest absolute Gasteiger partial charge is 0.431 e. The van der Waals surface area contributed by atoms with Crippen molar-refractivity contribution in [2.75, 3.05) is 0 Å². The molecular formula is C10H14BN2O5P. The molecule has 6 atom stereocenters. The first-order valence-corrected chi connectivity index (χ1v) is 6.78. The maximum absolute atomic E-state index is 12.1. The zero-order valence-electron chi connectivity index (χ0n) is 10.5. The van der Waals surface area contributed by atoms with E-state index in [1.54, 1.807) is 6.92 Å². The van der Waals surface area contributed by atoms with E-state index in [4.69, 9.17) is 12.5 Å². The third-order valence-corrected chi connectivity index (χ3v) is 4.11. The van der Waals surface area contributed by atoms with Crippen molar-refractivity contribution in [3.63, 3.8) is 0 Å². The lowest BCUT2D eigenvalue weighted by molar-refractivity contribution is -0.170. The Bertz CT molecular complexity index is 432. The minimum absolute atomic E-state index is 0.353. The molecule has 0 saturated carbocycles. The smallest absolute Gasteiger partial charge is 0.340 e. The van der Waals surface area contributed by atoms with Crippen LogP contribution >= 0.6 is 8.96 Å². The van der Waals surface area contributed by atoms with Crippen LogP contribution in [0, 0.1) is 11.8 Å². The van der Waals surface area contributed by atoms with Crippen molar-refractivity contribution in [2.45, 2.75) is 32.0 Å². The molecule has 9 heteroatoms. The van der Waals surface area contributed by atoms with E-state index in [0.29, 0.717) is 0 Å². The van der Waals surface area contributed by atoms with Gasteiger partial charge in [0.2, 0.25) is 5.91 Å². The van der Waals surface area contributed by atoms with E-state index in [2.05, 4.69) is 5.00 Å². The number of hydrogen-bond acceptors (Lipinski definition) is 6. The molecule has 0 spiro atoms. The van der Waals surface area contributed by atoms with E-state index in [1.807, 2.05) is 0 Å². The number of rotatable bonds is 4. The molecule has 2 N–H and O–H groups in total. The minimum atomic E-state index is -1.21. The number of aliphatic hydroxyl groups is 1. The number of carbonyl (C=O) groups excluding carboxylic acids is 3. The molecule has 0 aliphatic carbocycles. The third kappa shape index (κ3) is 2.08. The van der Waals surface area contributed by atoms with Crippen LogP contribution in [-0.4, -0.2) is 53.8 Å². The van der Waals surface area contributed by atoms with Crippen LogP contribution in [0.3, 0.4) is 0 Å². The quantitative estimate of drug-likeness (QED) is 0.282. The summed E-state index contributed by atoms with van der Waals surface area (Å²) < 4.78 is 4.77. The van der Waals surface area contributed by atoms with E-state index < -0.39 is 45.0 Å². The van der Waals surface area contributed by atoms with E-state index >= 15 is 0 Å². The first-order chi connectivity index (χ1) is 8.91. The molecule has 0 aromatic rings. The lowest BCUT2D eigenvalue weighted by Crippen LogP contribution is -2.65. The SMILES string of the molecule is [B]NPOC(=O)C1C(=O)[C@H](C)C2[C@@H]([C@@H](C)O)C(=O)N12. The van der Waals surface area contributed by atoms with Gasteiger partial charge >= 0.3 is 5.97 Å². The molecule has 0 aromatic heterocycles. The molecule has 2 fully saturated rings. The third-order valence-electron chi connectivity index (χ3n) is 3.69. The van der Waals surface area contributed by atoms with Crippen molar-refractivity contribution < 1.29 is 24.0 Å². The second-order valence-electron chi connectivity index (χ2n) is 4.76. The molecule has 0 bridgehead atoms. The average molecular weight is 284 g/mol. The Kier molecular flexibility index (Phi) is 3.94. The number of fused-ring (bicyclic) bond motifs is 1. The average Bonchev–Trinajstić information content (AvgIpc) is 2.57. The molecule has 2 heterocycles. The number of carbonyl (C=O) groups is 3. The number of amides is 1. The van der Waals surface area contributed by atoms with Crippen molar-refractivity contribution in [1.29, 1.82) is 0 Å². The first kappa shape index (κ1) is 14.4. The first-order valence-electron chi connectivity index (χ1n) is 5.87. The molecule has 2 aliphatic heterocycles. The summed E-state index contributed by atoms with van der Waals surface area (Å²) in [5, 5.41) is 9.56. The normalized spacial score (nSPS) is 35.4. The van der Waals surface area contributed by atoms with Crippen LogP contribution in [0.15, 0.2) is 0 Å². The van der Waals surface area contributed by atoms with Gasteiger partial charge in [0.15, 0.2) is 19.8 Å². The highest BCUT2D eigenvalue weighted by molar-refractivity contribution is 7.32. The van der Waals surface area contributed by atoms with Gasteiger partial charge in [-0.3, -0.25) is 9.59 Å². The van der Waals surface area contributed by atoms with E-state index in [1.165, 1.54) is 11.8 Å². The molecule has 2 rings (SSSR count). The molecule has 7 nitrogen and oxygen atoms in total. The van der Waals surface area contributed by atoms with Crippen molar-refractivity contribution in [2.24, 2.45) is 11.8 Å². The number of nitrogens with zero attached hydrogens (tertiary/aromatic N) is 1. The van der Waals surface area contributed by atoms with Crippen LogP contribution in [0.4, 0.5) is 0 Å². The summed E-state index contributed by atoms with van der Waals surface area (Å²) in [6, 6.07) is -1.63. The van der Waals surface area contributed by atoms with Gasteiger partial charge in [-0.25, -0.2) is 4.79 Å². The number of aliphatic hydroxyl groups excluding tert-OH is 1. The van der Waals surface area contributed by atoms with Crippen molar-refractivity contribution in [3.05, 3.63) is 0 Å². The van der Waals surface area contributed by atoms with Gasteiger partial charge in [-0.15, -0.1) is 0 Å². The fourth-order valence-corrected chi connectivity index (χ4v) is 3.09. The number of hydrogen-bond donors (Lipinski definition) is 2. The Hall–Kier alpha value is -0.975. The monoisotopic (exact) mass is 284 g/mol. The van der Waals surface area contributed by atoms with Gasteiger partial charge in [0.05, 0.1) is 18.1 Å². The summed E-state index contributed by atoms with van der Waals surface area (Å²) >= 11 is 0. The van der Waals surface area contributed by atoms with Crippen LogP contribution < -0.4 is 5.00 Å². The summed E-state index contributed by atoms with van der Waals surface area (Å²) in [5.74, 6) is -2.62. The second-order valence-corrected chi connectivity index (χ2v) is 5.46. The Morgan fingerprint density at radius 2 is 2.21 bits per heavy atom. The van der Waals surface area contributed by atoms with E-state index in [0.717, 1.165) is 0 Å². The highest BCUT2D eigenvalue weighted by Crippen LogP contribution is 2.43. The Morgan fingerprint density at radius 1 is 1.58 bits per heavy atom. The summed E-state index contributed by atoms with van der Waals surface area (Å²) in [6.07, 6.45) is -0.841. The highest BCUT2D eigenvalue weighted by Gasteiger charge is 2.64. The standard InChI is InChI=1S/C10H14BN2O5P/c1-3-6-5(4(2)14)9(16)13(6)7(8(3)15)10(17)18-19-12-11/h3-7,12,14,19H,1-2H3/t3-,4-,5-,6?,7?/m1/s1. The molecule has 19 heavy (non-hydrogen) atoms. The van der Waals surface area contributed by atoms with Crippen LogP contribution in [0.5, 0.6) is 0 Å². The van der Waals surface area contributed by atoms with E-state index in [9.17, 15) is 19.5 Å². The predicted octanol–water partition coefficient (Wildman–Crippen LogP) is -1.49. The minimum Gasteiger partial charge on any atom is -0.431 e. The number of ketones is 1. The van der Waals surface area contributed by atoms with Crippen molar-refractivity contribution in [1.82, 2.24) is 9.90 Å². The van der Waals surface area contributed by atoms with Crippen LogP contribution in [0.25, 0.3) is 0 Å². The lowest BCUT2D eigenvalue weighted by Gasteiger charge is -2.46. The Balaban J connectivity index is 2.18. The van der Waals surface area contributed by atoms with Gasteiger partial charge in [0.1, 0.15) is 8.96 Å². The second kappa shape index (κ2) is 5.19. The molecule has 2 saturated heterocycles. The van der Waals surface area contributed by atoms with Gasteiger partial charge in [-0.2, -0.15) is 0 Å². The lowest BCUT2D eigenvalue weighted by atomic mass is 9.79. The molecule has 1 amide bonds. The number of nitrogens with one attached hydrogen (secondary N) is 1. The van der Waals surface area contributed by atoms with Crippen molar-refractivity contribution >= 4 is 34.6 Å². The Labute approximate surface area is 113 Å². The van der Waals surface area contributed by atoms with Gasteiger partial charge in [-0.05, 0) is 6.92 Å². The predicted molar refractivity (Wildman–Crippen MR) is 67.1 cm³/mol. The van der Waals surface area contributed by atoms with Crippen molar-refractivity contribution in [3.8, 4) is 0 Å². The fourth-order valence-electron chi connectivity index (χ4n) is 2.82. The zero-order chi connectivity index (χ0) is 14.3. The van der Waals surface area contributed by atoms with Crippen LogP contribution in [0.2, 0.25) is 0 Å². The zero-order valence-corrected chi connectivity index (χ0v) is 11.5. The van der Waals surface area contributed by atoms with Gasteiger partial charge < -0.3 is 19.5 Å². The number of Topliss-reactive ketones (excluding diaryl/α,β-unsaturated/α-hetero) is 1. The molecule has 0 aromatic carbocycles. The Morgan fingerprint density at radius 3 is 2.74 bits per heavy atom. The molecule has 102 valence electrons. The molecule has 2 aliphatic rings. The summed E-state index contributed by atoms with van der Waals surface area (Å²) in [6.45, 7) is 3.15.